The van der Waals surface area contributed by atoms with E-state index in [2.05, 4.69) is 5.32 Å². The Hall–Kier alpha value is -1.08. The van der Waals surface area contributed by atoms with Gasteiger partial charge in [-0.15, -0.1) is 0 Å². The molecule has 3 N–H and O–H groups in total. The predicted molar refractivity (Wildman–Crippen MR) is 70.4 cm³/mol. The van der Waals surface area contributed by atoms with Crippen molar-refractivity contribution in [2.24, 2.45) is 11.7 Å². The smallest absolute Gasteiger partial charge is 0.311 e. The van der Waals surface area contributed by atoms with Crippen molar-refractivity contribution in [2.75, 3.05) is 13.3 Å². The summed E-state index contributed by atoms with van der Waals surface area (Å²) in [5.41, 5.74) is 5.39. The first-order valence-electron chi connectivity index (χ1n) is 6.94. The van der Waals surface area contributed by atoms with Crippen molar-refractivity contribution in [1.29, 1.82) is 0 Å². The van der Waals surface area contributed by atoms with Crippen molar-refractivity contribution in [2.45, 2.75) is 44.4 Å². The van der Waals surface area contributed by atoms with E-state index in [0.29, 0.717) is 19.3 Å². The number of carbonyl (C=O) groups is 2. The maximum absolute atomic E-state index is 11.9. The zero-order valence-electron chi connectivity index (χ0n) is 11.3. The summed E-state index contributed by atoms with van der Waals surface area (Å²) < 4.78 is 10.4. The van der Waals surface area contributed by atoms with Gasteiger partial charge < -0.3 is 20.4 Å². The molecule has 0 unspecified atom stereocenters. The van der Waals surface area contributed by atoms with Gasteiger partial charge in [-0.3, -0.25) is 9.59 Å². The molecule has 1 aliphatic heterocycles. The molecule has 2 fully saturated rings. The Morgan fingerprint density at radius 2 is 2.16 bits per heavy atom. The second kappa shape index (κ2) is 6.39. The van der Waals surface area contributed by atoms with Crippen molar-refractivity contribution >= 4 is 18.8 Å². The number of esters is 1. The van der Waals surface area contributed by atoms with Crippen molar-refractivity contribution < 1.29 is 19.0 Å². The molecule has 1 saturated heterocycles. The van der Waals surface area contributed by atoms with E-state index in [0.717, 1.165) is 12.8 Å². The van der Waals surface area contributed by atoms with Gasteiger partial charge in [0.25, 0.3) is 0 Å². The van der Waals surface area contributed by atoms with Crippen LogP contribution in [0.4, 0.5) is 0 Å². The van der Waals surface area contributed by atoms with Crippen LogP contribution in [0, 0.1) is 5.92 Å². The van der Waals surface area contributed by atoms with Crippen LogP contribution in [0.1, 0.15) is 26.2 Å². The molecule has 106 valence electrons. The fourth-order valence-electron chi connectivity index (χ4n) is 2.59. The first-order valence-corrected chi connectivity index (χ1v) is 6.94. The second-order valence-corrected chi connectivity index (χ2v) is 5.18. The number of hydrogen-bond donors (Lipinski definition) is 2. The number of carbonyl (C=O) groups excluding carboxylic acids is 2. The van der Waals surface area contributed by atoms with Crippen molar-refractivity contribution in [3.63, 3.8) is 0 Å². The molecule has 1 aliphatic carbocycles. The number of hydrogen-bond acceptors (Lipinski definition) is 5. The van der Waals surface area contributed by atoms with E-state index in [1.807, 2.05) is 0 Å². The van der Waals surface area contributed by atoms with Crippen molar-refractivity contribution in [1.82, 2.24) is 5.32 Å². The number of rotatable bonds is 6. The molecule has 0 bridgehead atoms. The summed E-state index contributed by atoms with van der Waals surface area (Å²) in [7, 11) is 0. The highest BCUT2D eigenvalue weighted by Crippen LogP contribution is 2.34. The minimum atomic E-state index is -0.326. The highest BCUT2D eigenvalue weighted by atomic mass is 16.5. The number of nitrogens with two attached hydrogens (primary N) is 1. The fourth-order valence-corrected chi connectivity index (χ4v) is 2.59. The van der Waals surface area contributed by atoms with Crippen LogP contribution in [0.25, 0.3) is 0 Å². The average Bonchev–Trinajstić information content (AvgIpc) is 3.14. The van der Waals surface area contributed by atoms with E-state index in [4.69, 9.17) is 15.1 Å². The van der Waals surface area contributed by atoms with E-state index in [9.17, 15) is 9.59 Å². The van der Waals surface area contributed by atoms with Gasteiger partial charge in [-0.1, -0.05) is 0 Å². The summed E-state index contributed by atoms with van der Waals surface area (Å²) in [6, 6.07) is -0.0148. The molecule has 19 heavy (non-hydrogen) atoms. The van der Waals surface area contributed by atoms with Crippen molar-refractivity contribution in [3.8, 4) is 0 Å². The molecule has 1 heterocycles. The highest BCUT2D eigenvalue weighted by molar-refractivity contribution is 6.59. The van der Waals surface area contributed by atoms with E-state index in [1.165, 1.54) is 0 Å². The lowest BCUT2D eigenvalue weighted by Crippen LogP contribution is -2.34. The van der Waals surface area contributed by atoms with Gasteiger partial charge in [0.1, 0.15) is 0 Å². The number of nitrogens with one attached hydrogen (secondary N) is 1. The number of ether oxygens (including phenoxy) is 1. The van der Waals surface area contributed by atoms with Gasteiger partial charge in [-0.2, -0.15) is 0 Å². The Morgan fingerprint density at radius 1 is 1.42 bits per heavy atom. The summed E-state index contributed by atoms with van der Waals surface area (Å²) in [5, 5.41) is 2.99. The lowest BCUT2D eigenvalue weighted by atomic mass is 9.58. The molecule has 1 amide bonds. The minimum Gasteiger partial charge on any atom is -0.466 e. The first kappa shape index (κ1) is 14.3. The maximum Gasteiger partial charge on any atom is 0.311 e. The zero-order chi connectivity index (χ0) is 13.8. The first-order chi connectivity index (χ1) is 9.15. The fraction of sp³-hybridized carbons (Fsp3) is 0.833. The molecular formula is C12H21BN2O4. The topological polar surface area (TPSA) is 90.6 Å². The van der Waals surface area contributed by atoms with Crippen LogP contribution in [0.15, 0.2) is 0 Å². The van der Waals surface area contributed by atoms with Crippen LogP contribution in [-0.4, -0.2) is 38.2 Å². The SMILES string of the molecule is CCOC(=O)[C@@H]1C[C@@H](NC(=O)C2CC2)CB1OCN. The molecule has 0 spiro atoms. The van der Waals surface area contributed by atoms with Gasteiger partial charge in [0.05, 0.1) is 19.2 Å². The molecule has 1 saturated carbocycles. The van der Waals surface area contributed by atoms with E-state index in [1.54, 1.807) is 6.92 Å². The third-order valence-corrected chi connectivity index (χ3v) is 3.70. The van der Waals surface area contributed by atoms with Gasteiger partial charge in [-0.05, 0) is 32.5 Å². The molecule has 7 heteroatoms. The Bertz CT molecular complexity index is 349. The van der Waals surface area contributed by atoms with Crippen LogP contribution in [0.5, 0.6) is 0 Å². The maximum atomic E-state index is 11.9. The van der Waals surface area contributed by atoms with Crippen molar-refractivity contribution in [3.05, 3.63) is 0 Å². The Kier molecular flexibility index (Phi) is 4.82. The van der Waals surface area contributed by atoms with E-state index < -0.39 is 0 Å². The van der Waals surface area contributed by atoms with Gasteiger partial charge in [-0.25, -0.2) is 0 Å². The Morgan fingerprint density at radius 3 is 2.74 bits per heavy atom. The van der Waals surface area contributed by atoms with Gasteiger partial charge in [0, 0.05) is 12.0 Å². The lowest BCUT2D eigenvalue weighted by molar-refractivity contribution is -0.143. The predicted octanol–water partition coefficient (Wildman–Crippen LogP) is 0.143. The Labute approximate surface area is 113 Å². The zero-order valence-corrected chi connectivity index (χ0v) is 11.3. The third-order valence-electron chi connectivity index (χ3n) is 3.70. The standard InChI is InChI=1S/C12H21BN2O4/c1-2-18-12(17)10-5-9(6-13(10)19-7-14)15-11(16)8-3-4-8/h8-10H,2-7,14H2,1H3,(H,15,16)/t9-,10+/m1/s1. The van der Waals surface area contributed by atoms with Crippen LogP contribution in [-0.2, 0) is 19.0 Å². The average molecular weight is 268 g/mol. The normalized spacial score (nSPS) is 26.3. The Balaban J connectivity index is 1.90. The molecule has 0 radical (unpaired) electrons. The molecule has 6 nitrogen and oxygen atoms in total. The van der Waals surface area contributed by atoms with Gasteiger partial charge in [0.2, 0.25) is 5.91 Å². The minimum absolute atomic E-state index is 0.0148. The summed E-state index contributed by atoms with van der Waals surface area (Å²) in [6.07, 6.45) is 3.15. The molecule has 2 aliphatic rings. The molecular weight excluding hydrogens is 247 g/mol. The highest BCUT2D eigenvalue weighted by Gasteiger charge is 2.45. The summed E-state index contributed by atoms with van der Waals surface area (Å²) in [4.78, 5) is 23.6. The molecule has 2 atom stereocenters. The number of amides is 1. The van der Waals surface area contributed by atoms with Crippen LogP contribution < -0.4 is 11.1 Å². The van der Waals surface area contributed by atoms with Gasteiger partial charge in [0.15, 0.2) is 0 Å². The van der Waals surface area contributed by atoms with Crippen LogP contribution >= 0.6 is 0 Å². The van der Waals surface area contributed by atoms with E-state index in [-0.39, 0.29) is 43.3 Å². The molecule has 2 rings (SSSR count). The van der Waals surface area contributed by atoms with Gasteiger partial charge >= 0.3 is 12.9 Å². The van der Waals surface area contributed by atoms with Crippen LogP contribution in [0.2, 0.25) is 12.1 Å². The largest absolute Gasteiger partial charge is 0.466 e. The molecule has 0 aromatic rings. The second-order valence-electron chi connectivity index (χ2n) is 5.18. The lowest BCUT2D eigenvalue weighted by Gasteiger charge is -2.14. The molecule has 0 aromatic heterocycles. The van der Waals surface area contributed by atoms with Crippen LogP contribution in [0.3, 0.4) is 0 Å². The summed E-state index contributed by atoms with van der Waals surface area (Å²) in [5.74, 6) is -0.311. The quantitative estimate of drug-likeness (QED) is 0.406. The summed E-state index contributed by atoms with van der Waals surface area (Å²) in [6.45, 7) is 1.94. The summed E-state index contributed by atoms with van der Waals surface area (Å²) >= 11 is 0. The van der Waals surface area contributed by atoms with E-state index >= 15 is 0 Å². The third kappa shape index (κ3) is 3.70. The molecule has 0 aromatic carbocycles. The monoisotopic (exact) mass is 268 g/mol.